The Morgan fingerprint density at radius 3 is 1.72 bits per heavy atom. The molecular weight excluding hydrogens is 224 g/mol. The lowest BCUT2D eigenvalue weighted by Crippen LogP contribution is -2.47. The first-order valence-corrected chi connectivity index (χ1v) is 7.32. The zero-order valence-corrected chi connectivity index (χ0v) is 12.9. The Balaban J connectivity index is 3.13. The molecule has 18 heavy (non-hydrogen) atoms. The van der Waals surface area contributed by atoms with Crippen molar-refractivity contribution in [1.29, 1.82) is 0 Å². The van der Waals surface area contributed by atoms with Crippen LogP contribution in [-0.2, 0) is 0 Å². The predicted octanol–water partition coefficient (Wildman–Crippen LogP) is 3.26. The third-order valence-electron chi connectivity index (χ3n) is 4.35. The van der Waals surface area contributed by atoms with Crippen LogP contribution in [0.4, 0.5) is 4.79 Å². The highest BCUT2D eigenvalue weighted by Crippen LogP contribution is 2.36. The summed E-state index contributed by atoms with van der Waals surface area (Å²) in [6.07, 6.45) is 0. The van der Waals surface area contributed by atoms with Gasteiger partial charge in [-0.3, -0.25) is 0 Å². The fourth-order valence-electron chi connectivity index (χ4n) is 3.66. The van der Waals surface area contributed by atoms with Crippen molar-refractivity contribution in [3.63, 3.8) is 0 Å². The number of carbonyl (C=O) groups excluding carboxylic acids is 1. The van der Waals surface area contributed by atoms with Crippen molar-refractivity contribution in [2.75, 3.05) is 0 Å². The van der Waals surface area contributed by atoms with E-state index in [1.165, 1.54) is 0 Å². The largest absolute Gasteiger partial charge is 0.335 e. The molecule has 0 aliphatic carbocycles. The highest BCUT2D eigenvalue weighted by molar-refractivity contribution is 5.75. The molecule has 106 valence electrons. The summed E-state index contributed by atoms with van der Waals surface area (Å²) < 4.78 is 0. The molecule has 0 spiro atoms. The smallest absolute Gasteiger partial charge is 0.315 e. The molecule has 0 aromatic heterocycles. The van der Waals surface area contributed by atoms with Gasteiger partial charge in [-0.1, -0.05) is 41.5 Å². The highest BCUT2D eigenvalue weighted by Gasteiger charge is 2.41. The monoisotopic (exact) mass is 254 g/mol. The molecule has 1 aliphatic heterocycles. The summed E-state index contributed by atoms with van der Waals surface area (Å²) in [7, 11) is 0. The second-order valence-corrected chi connectivity index (χ2v) is 6.82. The molecule has 4 unspecified atom stereocenters. The first-order valence-electron chi connectivity index (χ1n) is 7.32. The molecule has 2 amide bonds. The van der Waals surface area contributed by atoms with Crippen LogP contribution in [0.3, 0.4) is 0 Å². The minimum atomic E-state index is -0.00463. The van der Waals surface area contributed by atoms with Crippen molar-refractivity contribution in [3.05, 3.63) is 0 Å². The average Bonchev–Trinajstić information content (AvgIpc) is 2.33. The number of hydrogen-bond acceptors (Lipinski definition) is 1. The van der Waals surface area contributed by atoms with Gasteiger partial charge >= 0.3 is 6.03 Å². The predicted molar refractivity (Wildman–Crippen MR) is 76.4 cm³/mol. The van der Waals surface area contributed by atoms with E-state index in [0.717, 1.165) is 0 Å². The molecule has 4 atom stereocenters. The normalized spacial score (nSPS) is 33.6. The molecule has 0 aromatic rings. The van der Waals surface area contributed by atoms with Gasteiger partial charge in [0.2, 0.25) is 0 Å². The van der Waals surface area contributed by atoms with Gasteiger partial charge in [-0.15, -0.1) is 0 Å². The van der Waals surface area contributed by atoms with E-state index >= 15 is 0 Å². The number of nitrogens with one attached hydrogen (secondary N) is 2. The van der Waals surface area contributed by atoms with E-state index in [-0.39, 0.29) is 18.1 Å². The van der Waals surface area contributed by atoms with Crippen molar-refractivity contribution in [2.45, 2.75) is 60.5 Å². The van der Waals surface area contributed by atoms with E-state index in [4.69, 9.17) is 0 Å². The minimum absolute atomic E-state index is 0.00463. The Hall–Kier alpha value is -0.730. The van der Waals surface area contributed by atoms with Crippen LogP contribution in [0.1, 0.15) is 48.5 Å². The van der Waals surface area contributed by atoms with Gasteiger partial charge in [0.05, 0.1) is 0 Å². The van der Waals surface area contributed by atoms with Crippen molar-refractivity contribution in [2.24, 2.45) is 29.6 Å². The van der Waals surface area contributed by atoms with Crippen LogP contribution in [0, 0.1) is 29.6 Å². The van der Waals surface area contributed by atoms with E-state index in [1.807, 2.05) is 0 Å². The Kier molecular flexibility index (Phi) is 5.06. The van der Waals surface area contributed by atoms with Crippen molar-refractivity contribution in [3.8, 4) is 0 Å². The zero-order chi connectivity index (χ0) is 14.0. The third kappa shape index (κ3) is 3.18. The van der Waals surface area contributed by atoms with Gasteiger partial charge in [0.1, 0.15) is 0 Å². The van der Waals surface area contributed by atoms with E-state index in [9.17, 15) is 4.79 Å². The van der Waals surface area contributed by atoms with Gasteiger partial charge in [-0.25, -0.2) is 4.79 Å². The van der Waals surface area contributed by atoms with E-state index in [1.54, 1.807) is 0 Å². The summed E-state index contributed by atoms with van der Waals surface area (Å²) in [6, 6.07) is 0.499. The van der Waals surface area contributed by atoms with Gasteiger partial charge in [0.15, 0.2) is 0 Å². The standard InChI is InChI=1S/C15H30N2O/c1-8(2)12-11(7)16-15(18)17-14(10(5)6)13(12)9(3)4/h8-14H,1-7H3,(H2,16,17,18). The molecule has 0 aromatic carbocycles. The first kappa shape index (κ1) is 15.3. The molecule has 3 heteroatoms. The molecule has 1 heterocycles. The van der Waals surface area contributed by atoms with Gasteiger partial charge in [0, 0.05) is 12.1 Å². The third-order valence-corrected chi connectivity index (χ3v) is 4.35. The lowest BCUT2D eigenvalue weighted by atomic mass is 9.68. The summed E-state index contributed by atoms with van der Waals surface area (Å²) in [5.74, 6) is 2.67. The number of hydrogen-bond donors (Lipinski definition) is 2. The van der Waals surface area contributed by atoms with Crippen LogP contribution < -0.4 is 10.6 Å². The molecule has 0 bridgehead atoms. The maximum atomic E-state index is 11.9. The van der Waals surface area contributed by atoms with Crippen molar-refractivity contribution in [1.82, 2.24) is 10.6 Å². The van der Waals surface area contributed by atoms with Gasteiger partial charge in [-0.05, 0) is 36.5 Å². The van der Waals surface area contributed by atoms with Crippen LogP contribution in [0.15, 0.2) is 0 Å². The average molecular weight is 254 g/mol. The number of urea groups is 1. The SMILES string of the molecule is CC(C)C1NC(=O)NC(C)C(C(C)C)C1C(C)C. The second-order valence-electron chi connectivity index (χ2n) is 6.82. The van der Waals surface area contributed by atoms with Crippen LogP contribution in [-0.4, -0.2) is 18.1 Å². The highest BCUT2D eigenvalue weighted by atomic mass is 16.2. The molecule has 0 radical (unpaired) electrons. The van der Waals surface area contributed by atoms with Crippen molar-refractivity contribution < 1.29 is 4.79 Å². The van der Waals surface area contributed by atoms with Gasteiger partial charge in [0.25, 0.3) is 0 Å². The summed E-state index contributed by atoms with van der Waals surface area (Å²) >= 11 is 0. The van der Waals surface area contributed by atoms with Crippen LogP contribution in [0.5, 0.6) is 0 Å². The maximum absolute atomic E-state index is 11.9. The molecule has 1 aliphatic rings. The maximum Gasteiger partial charge on any atom is 0.315 e. The number of amides is 2. The molecule has 1 rings (SSSR count). The quantitative estimate of drug-likeness (QED) is 0.797. The van der Waals surface area contributed by atoms with Crippen LogP contribution in [0.2, 0.25) is 0 Å². The second kappa shape index (κ2) is 5.94. The number of rotatable bonds is 3. The van der Waals surface area contributed by atoms with Crippen LogP contribution in [0.25, 0.3) is 0 Å². The van der Waals surface area contributed by atoms with E-state index in [0.29, 0.717) is 29.6 Å². The summed E-state index contributed by atoms with van der Waals surface area (Å²) in [5, 5.41) is 6.27. The molecule has 1 fully saturated rings. The molecule has 3 nitrogen and oxygen atoms in total. The van der Waals surface area contributed by atoms with Gasteiger partial charge < -0.3 is 10.6 Å². The molecular formula is C15H30N2O. The fraction of sp³-hybridized carbons (Fsp3) is 0.933. The number of carbonyl (C=O) groups is 1. The van der Waals surface area contributed by atoms with Crippen LogP contribution >= 0.6 is 0 Å². The van der Waals surface area contributed by atoms with E-state index < -0.39 is 0 Å². The molecule has 0 saturated carbocycles. The fourth-order valence-corrected chi connectivity index (χ4v) is 3.66. The molecule has 2 N–H and O–H groups in total. The van der Waals surface area contributed by atoms with Gasteiger partial charge in [-0.2, -0.15) is 0 Å². The Labute approximate surface area is 112 Å². The first-order chi connectivity index (χ1) is 8.25. The summed E-state index contributed by atoms with van der Waals surface area (Å²) in [6.45, 7) is 15.6. The van der Waals surface area contributed by atoms with Crippen molar-refractivity contribution >= 4 is 6.03 Å². The lowest BCUT2D eigenvalue weighted by molar-refractivity contribution is 0.118. The van der Waals surface area contributed by atoms with E-state index in [2.05, 4.69) is 59.1 Å². The summed E-state index contributed by atoms with van der Waals surface area (Å²) in [4.78, 5) is 11.9. The molecule has 1 saturated heterocycles. The summed E-state index contributed by atoms with van der Waals surface area (Å²) in [5.41, 5.74) is 0. The lowest BCUT2D eigenvalue weighted by Gasteiger charge is -2.40. The zero-order valence-electron chi connectivity index (χ0n) is 12.9. The Bertz CT molecular complexity index is 286. The topological polar surface area (TPSA) is 41.1 Å². The Morgan fingerprint density at radius 2 is 1.33 bits per heavy atom. The minimum Gasteiger partial charge on any atom is -0.335 e. The Morgan fingerprint density at radius 1 is 0.833 bits per heavy atom.